The standard InChI is InChI=1S/C58H37N3O/c1-4-16-38(17-5-1)44-34-45(39-18-6-2-7-19-39)36-46(35-44)57-60-55(41-20-8-3-9-21-41)59-56(61-57)42-30-28-40(29-31-42)43-32-33-54-50(37-43)49-24-12-15-27-53(49)58(62-54)51-25-13-10-22-47(51)48-23-11-14-26-52(48)58/h1-37H. The minimum atomic E-state index is -0.728. The van der Waals surface area contributed by atoms with Gasteiger partial charge in [-0.15, -0.1) is 0 Å². The Labute approximate surface area is 360 Å². The summed E-state index contributed by atoms with van der Waals surface area (Å²) in [6, 6.07) is 78.8. The Balaban J connectivity index is 0.940. The Morgan fingerprint density at radius 1 is 0.258 bits per heavy atom. The molecule has 1 aliphatic carbocycles. The van der Waals surface area contributed by atoms with E-state index in [1.54, 1.807) is 0 Å². The summed E-state index contributed by atoms with van der Waals surface area (Å²) in [5.74, 6) is 2.72. The smallest absolute Gasteiger partial charge is 0.186 e. The molecule has 290 valence electrons. The Hall–Kier alpha value is -8.21. The van der Waals surface area contributed by atoms with Crippen LogP contribution in [0.1, 0.15) is 16.7 Å². The van der Waals surface area contributed by atoms with Gasteiger partial charge in [0.25, 0.3) is 0 Å². The highest BCUT2D eigenvalue weighted by molar-refractivity contribution is 5.89. The van der Waals surface area contributed by atoms with E-state index < -0.39 is 5.60 Å². The van der Waals surface area contributed by atoms with Crippen molar-refractivity contribution in [3.63, 3.8) is 0 Å². The zero-order chi connectivity index (χ0) is 41.0. The molecule has 0 N–H and O–H groups in total. The number of benzene rings is 9. The SMILES string of the molecule is c1ccc(-c2cc(-c3ccccc3)cc(-c3nc(-c4ccccc4)nc(-c4ccc(-c5ccc6c(c5)-c5ccccc5C5(O6)c6ccccc6-c6ccccc65)cc4)n3)c2)cc1. The van der Waals surface area contributed by atoms with E-state index in [4.69, 9.17) is 19.7 Å². The molecule has 0 amide bonds. The van der Waals surface area contributed by atoms with Gasteiger partial charge in [-0.3, -0.25) is 0 Å². The topological polar surface area (TPSA) is 47.9 Å². The predicted octanol–water partition coefficient (Wildman–Crippen LogP) is 14.2. The summed E-state index contributed by atoms with van der Waals surface area (Å²) in [7, 11) is 0. The maximum atomic E-state index is 7.27. The molecule has 1 spiro atoms. The summed E-state index contributed by atoms with van der Waals surface area (Å²) in [6.07, 6.45) is 0. The van der Waals surface area contributed by atoms with Gasteiger partial charge in [-0.25, -0.2) is 15.0 Å². The molecule has 1 aromatic heterocycles. The third kappa shape index (κ3) is 5.88. The first kappa shape index (κ1) is 35.7. The number of fused-ring (bicyclic) bond motifs is 9. The maximum absolute atomic E-state index is 7.27. The van der Waals surface area contributed by atoms with Gasteiger partial charge in [0.2, 0.25) is 0 Å². The average Bonchev–Trinajstić information content (AvgIpc) is 3.64. The molecule has 9 aromatic carbocycles. The van der Waals surface area contributed by atoms with Crippen LogP contribution in [0.3, 0.4) is 0 Å². The van der Waals surface area contributed by atoms with E-state index in [0.717, 1.165) is 66.9 Å². The third-order valence-electron chi connectivity index (χ3n) is 12.3. The summed E-state index contributed by atoms with van der Waals surface area (Å²) in [5.41, 5.74) is 16.9. The van der Waals surface area contributed by atoms with Gasteiger partial charge in [0.05, 0.1) is 0 Å². The minimum Gasteiger partial charge on any atom is -0.472 e. The molecule has 4 nitrogen and oxygen atoms in total. The molecule has 0 saturated carbocycles. The Kier molecular flexibility index (Phi) is 8.36. The van der Waals surface area contributed by atoms with Crippen LogP contribution < -0.4 is 4.74 Å². The summed E-state index contributed by atoms with van der Waals surface area (Å²) in [6.45, 7) is 0. The van der Waals surface area contributed by atoms with Crippen molar-refractivity contribution in [2.24, 2.45) is 0 Å². The molecule has 12 rings (SSSR count). The first-order chi connectivity index (χ1) is 30.7. The van der Waals surface area contributed by atoms with Gasteiger partial charge in [-0.2, -0.15) is 0 Å². The van der Waals surface area contributed by atoms with Crippen LogP contribution in [-0.4, -0.2) is 15.0 Å². The van der Waals surface area contributed by atoms with Gasteiger partial charge in [-0.05, 0) is 80.4 Å². The number of ether oxygens (including phenoxy) is 1. The fourth-order valence-corrected chi connectivity index (χ4v) is 9.36. The van der Waals surface area contributed by atoms with Crippen molar-refractivity contribution in [1.82, 2.24) is 15.0 Å². The van der Waals surface area contributed by atoms with E-state index in [9.17, 15) is 0 Å². The maximum Gasteiger partial charge on any atom is 0.186 e. The van der Waals surface area contributed by atoms with E-state index in [1.807, 2.05) is 42.5 Å². The molecule has 0 unspecified atom stereocenters. The number of aromatic nitrogens is 3. The molecule has 2 aliphatic rings. The second kappa shape index (κ2) is 14.5. The second-order valence-corrected chi connectivity index (χ2v) is 15.9. The molecule has 0 fully saturated rings. The lowest BCUT2D eigenvalue weighted by Crippen LogP contribution is -2.36. The van der Waals surface area contributed by atoms with Crippen molar-refractivity contribution in [3.05, 3.63) is 241 Å². The molecule has 10 aromatic rings. The molecule has 0 atom stereocenters. The molecule has 2 heterocycles. The van der Waals surface area contributed by atoms with Crippen LogP contribution in [0.15, 0.2) is 224 Å². The fourth-order valence-electron chi connectivity index (χ4n) is 9.36. The fraction of sp³-hybridized carbons (Fsp3) is 0.0172. The zero-order valence-electron chi connectivity index (χ0n) is 33.6. The summed E-state index contributed by atoms with van der Waals surface area (Å²) in [4.78, 5) is 15.4. The van der Waals surface area contributed by atoms with Gasteiger partial charge < -0.3 is 4.74 Å². The number of hydrogen-bond acceptors (Lipinski definition) is 4. The molecule has 0 radical (unpaired) electrons. The Morgan fingerprint density at radius 2 is 0.613 bits per heavy atom. The molecular weight excluding hydrogens is 755 g/mol. The molecular formula is C58H37N3O. The van der Waals surface area contributed by atoms with Gasteiger partial charge in [-0.1, -0.05) is 194 Å². The number of nitrogens with zero attached hydrogens (tertiary/aromatic N) is 3. The molecule has 4 heteroatoms. The minimum absolute atomic E-state index is 0.613. The highest BCUT2D eigenvalue weighted by atomic mass is 16.5. The third-order valence-corrected chi connectivity index (χ3v) is 12.3. The molecule has 62 heavy (non-hydrogen) atoms. The Morgan fingerprint density at radius 3 is 1.13 bits per heavy atom. The van der Waals surface area contributed by atoms with Crippen molar-refractivity contribution in [1.29, 1.82) is 0 Å². The lowest BCUT2D eigenvalue weighted by molar-refractivity contribution is 0.157. The predicted molar refractivity (Wildman–Crippen MR) is 250 cm³/mol. The van der Waals surface area contributed by atoms with Crippen LogP contribution in [0.4, 0.5) is 0 Å². The van der Waals surface area contributed by atoms with E-state index in [-0.39, 0.29) is 0 Å². The van der Waals surface area contributed by atoms with Gasteiger partial charge in [0, 0.05) is 38.9 Å². The first-order valence-corrected chi connectivity index (χ1v) is 21.0. The monoisotopic (exact) mass is 791 g/mol. The van der Waals surface area contributed by atoms with Crippen LogP contribution in [0, 0.1) is 0 Å². The molecule has 0 bridgehead atoms. The number of rotatable bonds is 6. The van der Waals surface area contributed by atoms with Gasteiger partial charge in [0.15, 0.2) is 23.1 Å². The zero-order valence-corrected chi connectivity index (χ0v) is 33.6. The van der Waals surface area contributed by atoms with Crippen LogP contribution >= 0.6 is 0 Å². The van der Waals surface area contributed by atoms with Gasteiger partial charge in [0.1, 0.15) is 5.75 Å². The lowest BCUT2D eigenvalue weighted by atomic mass is 9.77. The largest absolute Gasteiger partial charge is 0.472 e. The van der Waals surface area contributed by atoms with Crippen molar-refractivity contribution < 1.29 is 4.74 Å². The normalized spacial score (nSPS) is 12.8. The van der Waals surface area contributed by atoms with Crippen LogP contribution in [0.2, 0.25) is 0 Å². The van der Waals surface area contributed by atoms with E-state index in [2.05, 4.69) is 182 Å². The average molecular weight is 792 g/mol. The van der Waals surface area contributed by atoms with Crippen LogP contribution in [0.25, 0.3) is 89.8 Å². The highest BCUT2D eigenvalue weighted by Crippen LogP contribution is 2.58. The second-order valence-electron chi connectivity index (χ2n) is 15.9. The molecule has 0 saturated heterocycles. The molecule has 1 aliphatic heterocycles. The summed E-state index contributed by atoms with van der Waals surface area (Å²) < 4.78 is 7.27. The first-order valence-electron chi connectivity index (χ1n) is 21.0. The van der Waals surface area contributed by atoms with Gasteiger partial charge >= 0.3 is 0 Å². The lowest BCUT2D eigenvalue weighted by Gasteiger charge is -2.39. The summed E-state index contributed by atoms with van der Waals surface area (Å²) >= 11 is 0. The van der Waals surface area contributed by atoms with Crippen molar-refractivity contribution >= 4 is 0 Å². The number of hydrogen-bond donors (Lipinski definition) is 0. The van der Waals surface area contributed by atoms with E-state index in [0.29, 0.717) is 17.5 Å². The van der Waals surface area contributed by atoms with E-state index in [1.165, 1.54) is 27.8 Å². The van der Waals surface area contributed by atoms with Crippen molar-refractivity contribution in [3.8, 4) is 95.5 Å². The summed E-state index contributed by atoms with van der Waals surface area (Å²) in [5, 5.41) is 0. The van der Waals surface area contributed by atoms with Crippen molar-refractivity contribution in [2.45, 2.75) is 5.60 Å². The van der Waals surface area contributed by atoms with Crippen molar-refractivity contribution in [2.75, 3.05) is 0 Å². The van der Waals surface area contributed by atoms with E-state index >= 15 is 0 Å². The Bertz CT molecular complexity index is 3210. The highest BCUT2D eigenvalue weighted by Gasteiger charge is 2.50. The van der Waals surface area contributed by atoms with Crippen LogP contribution in [-0.2, 0) is 5.60 Å². The van der Waals surface area contributed by atoms with Crippen LogP contribution in [0.5, 0.6) is 5.75 Å². The quantitative estimate of drug-likeness (QED) is 0.168.